The van der Waals surface area contributed by atoms with Crippen molar-refractivity contribution in [2.45, 2.75) is 12.3 Å². The van der Waals surface area contributed by atoms with Crippen molar-refractivity contribution >= 4 is 11.8 Å². The van der Waals surface area contributed by atoms with Gasteiger partial charge in [0.05, 0.1) is 5.41 Å². The first-order valence-electron chi connectivity index (χ1n) is 7.30. The maximum atomic E-state index is 12.0. The van der Waals surface area contributed by atoms with Gasteiger partial charge in [-0.2, -0.15) is 0 Å². The van der Waals surface area contributed by atoms with E-state index < -0.39 is 17.2 Å². The van der Waals surface area contributed by atoms with Crippen molar-refractivity contribution in [1.29, 1.82) is 0 Å². The lowest BCUT2D eigenvalue weighted by molar-refractivity contribution is -0.135. The minimum absolute atomic E-state index is 0.264. The molecular weight excluding hydrogens is 292 g/mol. The third-order valence-corrected chi connectivity index (χ3v) is 4.23. The largest absolute Gasteiger partial charge is 0.510 e. The molecular formula is C19H16O4. The van der Waals surface area contributed by atoms with Crippen LogP contribution in [0.1, 0.15) is 18.1 Å². The van der Waals surface area contributed by atoms with E-state index in [2.05, 4.69) is 0 Å². The monoisotopic (exact) mass is 308 g/mol. The number of hydrogen-bond donors (Lipinski definition) is 1. The number of Topliss-reactive ketones (excluding diaryl/α,β-unsaturated/α-hetero) is 1. The van der Waals surface area contributed by atoms with Gasteiger partial charge in [0.2, 0.25) is 5.78 Å². The predicted octanol–water partition coefficient (Wildman–Crippen LogP) is 2.93. The zero-order valence-corrected chi connectivity index (χ0v) is 12.7. The molecule has 0 radical (unpaired) electrons. The zero-order valence-electron chi connectivity index (χ0n) is 12.7. The molecule has 1 aliphatic rings. The van der Waals surface area contributed by atoms with Gasteiger partial charge in [0.15, 0.2) is 6.61 Å². The maximum Gasteiger partial charge on any atom is 0.345 e. The van der Waals surface area contributed by atoms with Gasteiger partial charge in [-0.15, -0.1) is 0 Å². The molecule has 1 N–H and O–H groups in total. The summed E-state index contributed by atoms with van der Waals surface area (Å²) in [6.07, 6.45) is 0. The van der Waals surface area contributed by atoms with Gasteiger partial charge < -0.3 is 9.84 Å². The number of ether oxygens (including phenoxy) is 1. The Balaban J connectivity index is 2.28. The molecule has 23 heavy (non-hydrogen) atoms. The third kappa shape index (κ3) is 2.42. The number of allylic oxidation sites excluding steroid dienone is 1. The highest BCUT2D eigenvalue weighted by Crippen LogP contribution is 2.39. The minimum atomic E-state index is -1.02. The zero-order chi connectivity index (χ0) is 16.4. The van der Waals surface area contributed by atoms with Crippen LogP contribution in [0.2, 0.25) is 0 Å². The van der Waals surface area contributed by atoms with Gasteiger partial charge in [0.25, 0.3) is 0 Å². The average molecular weight is 308 g/mol. The van der Waals surface area contributed by atoms with Crippen molar-refractivity contribution in [3.05, 3.63) is 83.1 Å². The van der Waals surface area contributed by atoms with E-state index in [0.29, 0.717) is 0 Å². The topological polar surface area (TPSA) is 63.6 Å². The molecule has 1 saturated heterocycles. The third-order valence-electron chi connectivity index (χ3n) is 4.23. The highest BCUT2D eigenvalue weighted by Gasteiger charge is 2.42. The van der Waals surface area contributed by atoms with E-state index >= 15 is 0 Å². The summed E-state index contributed by atoms with van der Waals surface area (Å²) in [5.41, 5.74) is 0.282. The van der Waals surface area contributed by atoms with Crippen LogP contribution in [-0.4, -0.2) is 23.5 Å². The van der Waals surface area contributed by atoms with Crippen LogP contribution in [0.5, 0.6) is 0 Å². The molecule has 0 amide bonds. The normalized spacial score (nSPS) is 17.1. The van der Waals surface area contributed by atoms with Crippen LogP contribution >= 0.6 is 0 Å². The lowest BCUT2D eigenvalue weighted by Gasteiger charge is -2.31. The Hall–Kier alpha value is -2.88. The molecule has 4 heteroatoms. The van der Waals surface area contributed by atoms with Crippen LogP contribution in [0.25, 0.3) is 0 Å². The van der Waals surface area contributed by atoms with Gasteiger partial charge in [0, 0.05) is 0 Å². The van der Waals surface area contributed by atoms with Crippen molar-refractivity contribution in [2.24, 2.45) is 0 Å². The van der Waals surface area contributed by atoms with E-state index in [0.717, 1.165) is 11.1 Å². The van der Waals surface area contributed by atoms with Gasteiger partial charge >= 0.3 is 5.97 Å². The standard InChI is InChI=1S/C19H16O4/c1-19(13-8-4-2-5-9-13,14-10-6-3-7-11-14)17(21)16-15(20)12-23-18(16)22/h2-11,21H,12H2,1H3/b17-16+. The van der Waals surface area contributed by atoms with Crippen molar-refractivity contribution < 1.29 is 19.4 Å². The van der Waals surface area contributed by atoms with Gasteiger partial charge in [-0.25, -0.2) is 4.79 Å². The summed E-state index contributed by atoms with van der Waals surface area (Å²) in [4.78, 5) is 23.8. The Morgan fingerprint density at radius 3 is 1.83 bits per heavy atom. The molecule has 1 fully saturated rings. The summed E-state index contributed by atoms with van der Waals surface area (Å²) in [6, 6.07) is 18.6. The summed E-state index contributed by atoms with van der Waals surface area (Å²) in [7, 11) is 0. The van der Waals surface area contributed by atoms with Crippen molar-refractivity contribution in [3.8, 4) is 0 Å². The SMILES string of the molecule is CC(/C(O)=C1/C(=O)COC1=O)(c1ccccc1)c1ccccc1. The quantitative estimate of drug-likeness (QED) is 0.410. The molecule has 2 aromatic rings. The second kappa shape index (κ2) is 5.72. The number of cyclic esters (lactones) is 1. The second-order valence-electron chi connectivity index (χ2n) is 5.58. The number of ketones is 1. The van der Waals surface area contributed by atoms with Crippen LogP contribution in [0, 0.1) is 0 Å². The molecule has 0 unspecified atom stereocenters. The lowest BCUT2D eigenvalue weighted by Crippen LogP contribution is -2.29. The summed E-state index contributed by atoms with van der Waals surface area (Å²) in [6.45, 7) is 1.47. The van der Waals surface area contributed by atoms with E-state index in [1.807, 2.05) is 60.7 Å². The molecule has 0 spiro atoms. The maximum absolute atomic E-state index is 12.0. The Morgan fingerprint density at radius 2 is 1.43 bits per heavy atom. The van der Waals surface area contributed by atoms with Crippen LogP contribution in [-0.2, 0) is 19.7 Å². The number of esters is 1. The number of carbonyl (C=O) groups excluding carboxylic acids is 2. The molecule has 0 bridgehead atoms. The van der Waals surface area contributed by atoms with Crippen LogP contribution in [0.4, 0.5) is 0 Å². The molecule has 1 aliphatic heterocycles. The summed E-state index contributed by atoms with van der Waals surface area (Å²) < 4.78 is 4.76. The average Bonchev–Trinajstić information content (AvgIpc) is 2.93. The Bertz CT molecular complexity index is 718. The smallest absolute Gasteiger partial charge is 0.345 e. The fraction of sp³-hybridized carbons (Fsp3) is 0.158. The highest BCUT2D eigenvalue weighted by atomic mass is 16.5. The number of hydrogen-bond acceptors (Lipinski definition) is 4. The number of aliphatic hydroxyl groups excluding tert-OH is 1. The fourth-order valence-corrected chi connectivity index (χ4v) is 2.85. The molecule has 116 valence electrons. The number of aliphatic hydroxyl groups is 1. The summed E-state index contributed by atoms with van der Waals surface area (Å²) in [5, 5.41) is 10.9. The molecule has 0 atom stereocenters. The van der Waals surface area contributed by atoms with E-state index in [1.54, 1.807) is 6.92 Å². The van der Waals surface area contributed by atoms with E-state index in [1.165, 1.54) is 0 Å². The minimum Gasteiger partial charge on any atom is -0.510 e. The Labute approximate surface area is 134 Å². The molecule has 1 heterocycles. The molecule has 0 aliphatic carbocycles. The van der Waals surface area contributed by atoms with Gasteiger partial charge in [-0.3, -0.25) is 4.79 Å². The predicted molar refractivity (Wildman–Crippen MR) is 85.0 cm³/mol. The molecule has 2 aromatic carbocycles. The van der Waals surface area contributed by atoms with Crippen LogP contribution in [0.15, 0.2) is 72.0 Å². The molecule has 4 nitrogen and oxygen atoms in total. The number of carbonyl (C=O) groups is 2. The van der Waals surface area contributed by atoms with Crippen molar-refractivity contribution in [3.63, 3.8) is 0 Å². The van der Waals surface area contributed by atoms with E-state index in [4.69, 9.17) is 4.74 Å². The van der Waals surface area contributed by atoms with Crippen molar-refractivity contribution in [1.82, 2.24) is 0 Å². The first-order chi connectivity index (χ1) is 11.0. The molecule has 3 rings (SSSR count). The molecule has 0 aromatic heterocycles. The number of rotatable bonds is 3. The fourth-order valence-electron chi connectivity index (χ4n) is 2.85. The molecule has 0 saturated carbocycles. The Kier molecular flexibility index (Phi) is 3.74. The Morgan fingerprint density at radius 1 is 0.957 bits per heavy atom. The van der Waals surface area contributed by atoms with Gasteiger partial charge in [-0.1, -0.05) is 60.7 Å². The van der Waals surface area contributed by atoms with E-state index in [-0.39, 0.29) is 17.9 Å². The van der Waals surface area contributed by atoms with Crippen LogP contribution < -0.4 is 0 Å². The summed E-state index contributed by atoms with van der Waals surface area (Å²) in [5.74, 6) is -1.54. The van der Waals surface area contributed by atoms with Gasteiger partial charge in [-0.05, 0) is 18.1 Å². The summed E-state index contributed by atoms with van der Waals surface area (Å²) >= 11 is 0. The van der Waals surface area contributed by atoms with Crippen molar-refractivity contribution in [2.75, 3.05) is 6.61 Å². The van der Waals surface area contributed by atoms with Gasteiger partial charge in [0.1, 0.15) is 11.3 Å². The first kappa shape index (κ1) is 15.0. The second-order valence-corrected chi connectivity index (χ2v) is 5.58. The lowest BCUT2D eigenvalue weighted by atomic mass is 9.73. The number of benzene rings is 2. The van der Waals surface area contributed by atoms with E-state index in [9.17, 15) is 14.7 Å². The van der Waals surface area contributed by atoms with Crippen LogP contribution in [0.3, 0.4) is 0 Å². The first-order valence-corrected chi connectivity index (χ1v) is 7.30. The highest BCUT2D eigenvalue weighted by molar-refractivity contribution is 6.22.